The monoisotopic (exact) mass is 110 g/mol. The van der Waals surface area contributed by atoms with Crippen molar-refractivity contribution in [2.75, 3.05) is 13.1 Å². The zero-order chi connectivity index (χ0) is 5.40. The molecule has 0 aromatic rings. The maximum absolute atomic E-state index is 3.29. The van der Waals surface area contributed by atoms with Crippen molar-refractivity contribution in [1.29, 1.82) is 0 Å². The summed E-state index contributed by atoms with van der Waals surface area (Å²) in [5, 5.41) is 2.25. The van der Waals surface area contributed by atoms with E-state index in [0.717, 1.165) is 12.6 Å². The first-order valence-corrected chi connectivity index (χ1v) is 3.13. The number of nitrogens with zero attached hydrogens (tertiary/aromatic N) is 1. The molecule has 8 heavy (non-hydrogen) atoms. The molecule has 2 rings (SSSR count). The lowest BCUT2D eigenvalue weighted by atomic mass is 10.3. The number of hydrogen-bond donors (Lipinski definition) is 1. The van der Waals surface area contributed by atoms with Crippen molar-refractivity contribution in [1.82, 2.24) is 10.4 Å². The molecule has 2 aliphatic rings. The molecule has 0 bridgehead atoms. The summed E-state index contributed by atoms with van der Waals surface area (Å²) in [4.78, 5) is 0. The lowest BCUT2D eigenvalue weighted by Gasteiger charge is -1.97. The largest absolute Gasteiger partial charge is 0.254 e. The van der Waals surface area contributed by atoms with E-state index in [1.165, 1.54) is 13.0 Å². The summed E-state index contributed by atoms with van der Waals surface area (Å²) < 4.78 is 0. The highest BCUT2D eigenvalue weighted by Gasteiger charge is 2.31. The Labute approximate surface area is 49.1 Å². The molecule has 44 valence electrons. The second kappa shape index (κ2) is 1.57. The van der Waals surface area contributed by atoms with Crippen LogP contribution in [0.4, 0.5) is 0 Å². The molecule has 1 saturated heterocycles. The van der Waals surface area contributed by atoms with Crippen molar-refractivity contribution >= 4 is 0 Å². The Hall–Kier alpha value is -0.340. The second-order valence-corrected chi connectivity index (χ2v) is 2.34. The van der Waals surface area contributed by atoms with Crippen molar-refractivity contribution in [2.24, 2.45) is 0 Å². The normalized spacial score (nSPS) is 43.0. The molecule has 2 heterocycles. The van der Waals surface area contributed by atoms with Crippen molar-refractivity contribution in [3.05, 3.63) is 12.2 Å². The Morgan fingerprint density at radius 1 is 1.62 bits per heavy atom. The van der Waals surface area contributed by atoms with E-state index in [1.807, 2.05) is 0 Å². The molecule has 1 fully saturated rings. The highest BCUT2D eigenvalue weighted by Crippen LogP contribution is 2.16. The van der Waals surface area contributed by atoms with Gasteiger partial charge in [-0.05, 0) is 6.42 Å². The first-order chi connectivity index (χ1) is 3.97. The van der Waals surface area contributed by atoms with Crippen LogP contribution in [0.3, 0.4) is 0 Å². The number of hydrazine groups is 1. The van der Waals surface area contributed by atoms with E-state index in [1.54, 1.807) is 0 Å². The first-order valence-electron chi connectivity index (χ1n) is 3.13. The minimum atomic E-state index is 0.734. The lowest BCUT2D eigenvalue weighted by molar-refractivity contribution is 0.397. The number of nitrogens with one attached hydrogen (secondary N) is 1. The minimum absolute atomic E-state index is 0.734. The zero-order valence-corrected chi connectivity index (χ0v) is 4.80. The predicted molar refractivity (Wildman–Crippen MR) is 32.3 cm³/mol. The smallest absolute Gasteiger partial charge is 0.0565 e. The van der Waals surface area contributed by atoms with Gasteiger partial charge in [-0.15, -0.1) is 0 Å². The summed E-state index contributed by atoms with van der Waals surface area (Å²) in [5.41, 5.74) is 3.29. The molecule has 0 spiro atoms. The molecule has 1 N–H and O–H groups in total. The van der Waals surface area contributed by atoms with Gasteiger partial charge in [-0.2, -0.15) is 0 Å². The van der Waals surface area contributed by atoms with Crippen molar-refractivity contribution < 1.29 is 0 Å². The maximum atomic E-state index is 3.29. The van der Waals surface area contributed by atoms with Crippen LogP contribution >= 0.6 is 0 Å². The van der Waals surface area contributed by atoms with Crippen LogP contribution in [0.25, 0.3) is 0 Å². The van der Waals surface area contributed by atoms with Crippen LogP contribution in [-0.2, 0) is 0 Å². The van der Waals surface area contributed by atoms with E-state index < -0.39 is 0 Å². The average molecular weight is 110 g/mol. The number of hydrogen-bond acceptors (Lipinski definition) is 2. The highest BCUT2D eigenvalue weighted by atomic mass is 15.6. The van der Waals surface area contributed by atoms with E-state index in [2.05, 4.69) is 22.6 Å². The van der Waals surface area contributed by atoms with Gasteiger partial charge in [0.1, 0.15) is 0 Å². The zero-order valence-electron chi connectivity index (χ0n) is 4.80. The van der Waals surface area contributed by atoms with Gasteiger partial charge in [-0.3, -0.25) is 5.43 Å². The summed E-state index contributed by atoms with van der Waals surface area (Å²) >= 11 is 0. The Balaban J connectivity index is 2.03. The van der Waals surface area contributed by atoms with Crippen LogP contribution in [0.2, 0.25) is 0 Å². The fourth-order valence-corrected chi connectivity index (χ4v) is 1.05. The Morgan fingerprint density at radius 3 is 3.62 bits per heavy atom. The highest BCUT2D eigenvalue weighted by molar-refractivity contribution is 5.06. The fraction of sp³-hybridized carbons (Fsp3) is 0.667. The summed E-state index contributed by atoms with van der Waals surface area (Å²) in [5.74, 6) is 0. The van der Waals surface area contributed by atoms with Gasteiger partial charge in [0.05, 0.1) is 6.04 Å². The van der Waals surface area contributed by atoms with E-state index in [-0.39, 0.29) is 0 Å². The van der Waals surface area contributed by atoms with E-state index in [0.29, 0.717) is 0 Å². The molecule has 0 radical (unpaired) electrons. The van der Waals surface area contributed by atoms with E-state index in [4.69, 9.17) is 0 Å². The van der Waals surface area contributed by atoms with Gasteiger partial charge in [-0.1, -0.05) is 12.2 Å². The SMILES string of the molecule is C1=CC2CN2NCC1. The molecule has 0 aromatic heterocycles. The van der Waals surface area contributed by atoms with Crippen molar-refractivity contribution in [3.63, 3.8) is 0 Å². The molecule has 2 nitrogen and oxygen atoms in total. The third-order valence-corrected chi connectivity index (χ3v) is 1.63. The third-order valence-electron chi connectivity index (χ3n) is 1.63. The average Bonchev–Trinajstić information content (AvgIpc) is 2.36. The molecule has 2 atom stereocenters. The summed E-state index contributed by atoms with van der Waals surface area (Å²) in [7, 11) is 0. The van der Waals surface area contributed by atoms with Crippen LogP contribution < -0.4 is 5.43 Å². The molecule has 0 aromatic carbocycles. The van der Waals surface area contributed by atoms with Crippen LogP contribution in [0, 0.1) is 0 Å². The summed E-state index contributed by atoms with van der Waals surface area (Å²) in [6.45, 7) is 2.34. The Kier molecular flexibility index (Phi) is 0.889. The molecule has 2 heteroatoms. The first kappa shape index (κ1) is 4.53. The maximum Gasteiger partial charge on any atom is 0.0565 e. The molecule has 2 aliphatic heterocycles. The van der Waals surface area contributed by atoms with Crippen LogP contribution in [0.5, 0.6) is 0 Å². The van der Waals surface area contributed by atoms with E-state index >= 15 is 0 Å². The lowest BCUT2D eigenvalue weighted by Crippen LogP contribution is -2.21. The van der Waals surface area contributed by atoms with Gasteiger partial charge >= 0.3 is 0 Å². The van der Waals surface area contributed by atoms with Gasteiger partial charge in [-0.25, -0.2) is 5.01 Å². The van der Waals surface area contributed by atoms with Gasteiger partial charge in [0.2, 0.25) is 0 Å². The molecule has 0 aliphatic carbocycles. The predicted octanol–water partition coefficient (Wildman–Crippen LogP) is 0.135. The van der Waals surface area contributed by atoms with Crippen molar-refractivity contribution in [3.8, 4) is 0 Å². The minimum Gasteiger partial charge on any atom is -0.254 e. The molecular weight excluding hydrogens is 100 g/mol. The second-order valence-electron chi connectivity index (χ2n) is 2.34. The molecule has 2 unspecified atom stereocenters. The fourth-order valence-electron chi connectivity index (χ4n) is 1.05. The quantitative estimate of drug-likeness (QED) is 0.352. The number of fused-ring (bicyclic) bond motifs is 1. The topological polar surface area (TPSA) is 15.0 Å². The standard InChI is InChI=1S/C6H10N2/c1-2-4-7-8-5-6(8)3-1/h1,3,6-7H,2,4-5H2. The van der Waals surface area contributed by atoms with Gasteiger partial charge in [0.25, 0.3) is 0 Å². The van der Waals surface area contributed by atoms with Gasteiger partial charge in [0.15, 0.2) is 0 Å². The molecular formula is C6H10N2. The third kappa shape index (κ3) is 0.659. The molecule has 0 saturated carbocycles. The summed E-state index contributed by atoms with van der Waals surface area (Å²) in [6.07, 6.45) is 5.72. The van der Waals surface area contributed by atoms with Crippen LogP contribution in [0.1, 0.15) is 6.42 Å². The summed E-state index contributed by atoms with van der Waals surface area (Å²) in [6, 6.07) is 0.734. The van der Waals surface area contributed by atoms with Gasteiger partial charge < -0.3 is 0 Å². The van der Waals surface area contributed by atoms with Crippen LogP contribution in [-0.4, -0.2) is 24.1 Å². The number of rotatable bonds is 0. The van der Waals surface area contributed by atoms with Crippen LogP contribution in [0.15, 0.2) is 12.2 Å². The molecule has 0 amide bonds. The Bertz CT molecular complexity index is 120. The van der Waals surface area contributed by atoms with Crippen molar-refractivity contribution in [2.45, 2.75) is 12.5 Å². The Morgan fingerprint density at radius 2 is 2.62 bits per heavy atom. The van der Waals surface area contributed by atoms with E-state index in [9.17, 15) is 0 Å². The van der Waals surface area contributed by atoms with Gasteiger partial charge in [0, 0.05) is 13.1 Å².